The number of hydrogen-bond acceptors (Lipinski definition) is 4. The van der Waals surface area contributed by atoms with E-state index in [0.29, 0.717) is 0 Å². The molecule has 0 spiro atoms. The monoisotopic (exact) mass is 199 g/mol. The molecule has 0 aliphatic heterocycles. The average molecular weight is 199 g/mol. The van der Waals surface area contributed by atoms with Crippen LogP contribution >= 0.6 is 11.5 Å². The zero-order valence-electron chi connectivity index (χ0n) is 8.29. The van der Waals surface area contributed by atoms with Crippen molar-refractivity contribution in [3.05, 3.63) is 10.8 Å². The van der Waals surface area contributed by atoms with Gasteiger partial charge < -0.3 is 5.73 Å². The highest BCUT2D eigenvalue weighted by Gasteiger charge is 2.06. The lowest BCUT2D eigenvalue weighted by atomic mass is 10.2. The molecule has 0 amide bonds. The standard InChI is InChI=1S/C9H17N3S/c1-3-5-8-11-9(13-12-8)6-7(10)4-2/h7H,3-6,10H2,1-2H3. The molecule has 2 N–H and O–H groups in total. The molecule has 1 unspecified atom stereocenters. The summed E-state index contributed by atoms with van der Waals surface area (Å²) in [5.74, 6) is 0.978. The summed E-state index contributed by atoms with van der Waals surface area (Å²) in [4.78, 5) is 4.42. The Morgan fingerprint density at radius 2 is 2.23 bits per heavy atom. The number of nitrogens with two attached hydrogens (primary N) is 1. The maximum absolute atomic E-state index is 5.83. The van der Waals surface area contributed by atoms with E-state index in [4.69, 9.17) is 5.73 Å². The van der Waals surface area contributed by atoms with Crippen molar-refractivity contribution in [3.63, 3.8) is 0 Å². The molecule has 1 rings (SSSR count). The average Bonchev–Trinajstić information content (AvgIpc) is 2.53. The van der Waals surface area contributed by atoms with Crippen LogP contribution in [0.25, 0.3) is 0 Å². The molecule has 1 atom stereocenters. The van der Waals surface area contributed by atoms with Crippen molar-refractivity contribution < 1.29 is 0 Å². The Balaban J connectivity index is 2.48. The molecular weight excluding hydrogens is 182 g/mol. The van der Waals surface area contributed by atoms with Crippen LogP contribution in [0.4, 0.5) is 0 Å². The third-order valence-corrected chi connectivity index (χ3v) is 2.72. The van der Waals surface area contributed by atoms with Crippen molar-refractivity contribution in [1.29, 1.82) is 0 Å². The summed E-state index contributed by atoms with van der Waals surface area (Å²) in [6, 6.07) is 0.238. The van der Waals surface area contributed by atoms with Gasteiger partial charge in [-0.3, -0.25) is 0 Å². The summed E-state index contributed by atoms with van der Waals surface area (Å²) < 4.78 is 4.27. The van der Waals surface area contributed by atoms with Gasteiger partial charge >= 0.3 is 0 Å². The van der Waals surface area contributed by atoms with E-state index < -0.39 is 0 Å². The number of nitrogens with zero attached hydrogens (tertiary/aromatic N) is 2. The molecule has 0 fully saturated rings. The lowest BCUT2D eigenvalue weighted by molar-refractivity contribution is 0.642. The summed E-state index contributed by atoms with van der Waals surface area (Å²) in [7, 11) is 0. The van der Waals surface area contributed by atoms with Crippen molar-refractivity contribution in [3.8, 4) is 0 Å². The van der Waals surface area contributed by atoms with Gasteiger partial charge in [0, 0.05) is 18.9 Å². The van der Waals surface area contributed by atoms with Crippen LogP contribution in [0.1, 0.15) is 37.5 Å². The summed E-state index contributed by atoms with van der Waals surface area (Å²) in [5, 5.41) is 1.08. The number of rotatable bonds is 5. The molecule has 0 saturated heterocycles. The van der Waals surface area contributed by atoms with E-state index in [9.17, 15) is 0 Å². The van der Waals surface area contributed by atoms with Gasteiger partial charge in [-0.15, -0.1) is 0 Å². The van der Waals surface area contributed by atoms with E-state index in [-0.39, 0.29) is 6.04 Å². The predicted octanol–water partition coefficient (Wildman–Crippen LogP) is 1.77. The first-order chi connectivity index (χ1) is 6.26. The Morgan fingerprint density at radius 1 is 1.46 bits per heavy atom. The first-order valence-corrected chi connectivity index (χ1v) is 5.60. The Kier molecular flexibility index (Phi) is 4.32. The number of hydrogen-bond donors (Lipinski definition) is 1. The predicted molar refractivity (Wildman–Crippen MR) is 55.9 cm³/mol. The minimum Gasteiger partial charge on any atom is -0.327 e. The second kappa shape index (κ2) is 5.29. The summed E-state index contributed by atoms with van der Waals surface area (Å²) >= 11 is 1.49. The molecule has 13 heavy (non-hydrogen) atoms. The van der Waals surface area contributed by atoms with Crippen LogP contribution in [-0.4, -0.2) is 15.4 Å². The fourth-order valence-electron chi connectivity index (χ4n) is 1.07. The molecule has 0 radical (unpaired) electrons. The van der Waals surface area contributed by atoms with Gasteiger partial charge in [-0.2, -0.15) is 4.37 Å². The highest BCUT2D eigenvalue weighted by atomic mass is 32.1. The Bertz CT molecular complexity index is 247. The maximum Gasteiger partial charge on any atom is 0.142 e. The van der Waals surface area contributed by atoms with Crippen molar-refractivity contribution in [2.45, 2.75) is 45.6 Å². The van der Waals surface area contributed by atoms with Crippen LogP contribution in [-0.2, 0) is 12.8 Å². The van der Waals surface area contributed by atoms with Gasteiger partial charge in [0.2, 0.25) is 0 Å². The van der Waals surface area contributed by atoms with Crippen molar-refractivity contribution in [2.24, 2.45) is 5.73 Å². The largest absolute Gasteiger partial charge is 0.327 e. The minimum absolute atomic E-state index is 0.238. The van der Waals surface area contributed by atoms with Gasteiger partial charge in [-0.1, -0.05) is 13.8 Å². The van der Waals surface area contributed by atoms with Crippen molar-refractivity contribution in [1.82, 2.24) is 9.36 Å². The van der Waals surface area contributed by atoms with Crippen molar-refractivity contribution >= 4 is 11.5 Å². The van der Waals surface area contributed by atoms with E-state index in [2.05, 4.69) is 23.2 Å². The third-order valence-electron chi connectivity index (χ3n) is 1.94. The third kappa shape index (κ3) is 3.40. The van der Waals surface area contributed by atoms with Crippen LogP contribution in [0.15, 0.2) is 0 Å². The Labute approximate surface area is 83.5 Å². The molecule has 0 saturated carbocycles. The molecule has 1 aromatic rings. The summed E-state index contributed by atoms with van der Waals surface area (Å²) in [6.45, 7) is 4.23. The second-order valence-corrected chi connectivity index (χ2v) is 4.06. The van der Waals surface area contributed by atoms with Gasteiger partial charge in [0.15, 0.2) is 0 Å². The highest BCUT2D eigenvalue weighted by molar-refractivity contribution is 7.05. The first kappa shape index (κ1) is 10.6. The van der Waals surface area contributed by atoms with Gasteiger partial charge in [0.1, 0.15) is 10.8 Å². The fraction of sp³-hybridized carbons (Fsp3) is 0.778. The SMILES string of the molecule is CCCc1nsc(CC(N)CC)n1. The lowest BCUT2D eigenvalue weighted by Crippen LogP contribution is -2.21. The zero-order valence-corrected chi connectivity index (χ0v) is 9.10. The normalized spacial score (nSPS) is 13.2. The van der Waals surface area contributed by atoms with Crippen LogP contribution < -0.4 is 5.73 Å². The molecule has 4 heteroatoms. The Hall–Kier alpha value is -0.480. The van der Waals surface area contributed by atoms with Crippen LogP contribution in [0.3, 0.4) is 0 Å². The molecule has 0 aromatic carbocycles. The number of aryl methyl sites for hydroxylation is 1. The van der Waals surface area contributed by atoms with E-state index >= 15 is 0 Å². The summed E-state index contributed by atoms with van der Waals surface area (Å²) in [6.07, 6.45) is 3.97. The molecular formula is C9H17N3S. The highest BCUT2D eigenvalue weighted by Crippen LogP contribution is 2.09. The molecule has 74 valence electrons. The van der Waals surface area contributed by atoms with Crippen LogP contribution in [0, 0.1) is 0 Å². The zero-order chi connectivity index (χ0) is 9.68. The molecule has 0 bridgehead atoms. The second-order valence-electron chi connectivity index (χ2n) is 3.23. The summed E-state index contributed by atoms with van der Waals surface area (Å²) in [5.41, 5.74) is 5.83. The Morgan fingerprint density at radius 3 is 2.85 bits per heavy atom. The van der Waals surface area contributed by atoms with Gasteiger partial charge in [-0.05, 0) is 24.4 Å². The van der Waals surface area contributed by atoms with E-state index in [0.717, 1.165) is 36.5 Å². The topological polar surface area (TPSA) is 51.8 Å². The fourth-order valence-corrected chi connectivity index (χ4v) is 1.84. The quantitative estimate of drug-likeness (QED) is 0.786. The molecule has 0 aliphatic carbocycles. The van der Waals surface area contributed by atoms with Gasteiger partial charge in [0.05, 0.1) is 0 Å². The van der Waals surface area contributed by atoms with Gasteiger partial charge in [0.25, 0.3) is 0 Å². The maximum atomic E-state index is 5.83. The molecule has 1 heterocycles. The smallest absolute Gasteiger partial charge is 0.142 e. The van der Waals surface area contributed by atoms with E-state index in [1.54, 1.807) is 0 Å². The number of aromatic nitrogens is 2. The van der Waals surface area contributed by atoms with Crippen LogP contribution in [0.2, 0.25) is 0 Å². The lowest BCUT2D eigenvalue weighted by Gasteiger charge is -2.03. The molecule has 1 aromatic heterocycles. The molecule has 3 nitrogen and oxygen atoms in total. The van der Waals surface area contributed by atoms with Gasteiger partial charge in [-0.25, -0.2) is 4.98 Å². The van der Waals surface area contributed by atoms with E-state index in [1.807, 2.05) is 0 Å². The van der Waals surface area contributed by atoms with Crippen LogP contribution in [0.5, 0.6) is 0 Å². The van der Waals surface area contributed by atoms with Crippen molar-refractivity contribution in [2.75, 3.05) is 0 Å². The minimum atomic E-state index is 0.238. The first-order valence-electron chi connectivity index (χ1n) is 4.83. The molecule has 0 aliphatic rings. The van der Waals surface area contributed by atoms with E-state index in [1.165, 1.54) is 11.5 Å².